The minimum absolute atomic E-state index is 0.0480. The maximum Gasteiger partial charge on any atom is 0.329 e. The smallest absolute Gasteiger partial charge is 0.329 e. The second-order valence-corrected chi connectivity index (χ2v) is 4.75. The molecule has 1 aromatic heterocycles. The lowest BCUT2D eigenvalue weighted by atomic mass is 10.1. The molecular weight excluding hydrogens is 307 g/mol. The predicted molar refractivity (Wildman–Crippen MR) is 70.9 cm³/mol. The summed E-state index contributed by atoms with van der Waals surface area (Å²) < 4.78 is 9.78. The third kappa shape index (κ3) is 4.19. The number of halogens is 2. The van der Waals surface area contributed by atoms with Crippen molar-refractivity contribution < 1.29 is 19.2 Å². The van der Waals surface area contributed by atoms with Gasteiger partial charge in [0.05, 0.1) is 0 Å². The number of hydrogen-bond acceptors (Lipinski definition) is 5. The minimum atomic E-state index is -1.06. The molecule has 0 saturated carbocycles. The zero-order valence-corrected chi connectivity index (χ0v) is 11.7. The number of aliphatic carboxylic acids is 1. The van der Waals surface area contributed by atoms with E-state index in [-0.39, 0.29) is 12.5 Å². The van der Waals surface area contributed by atoms with E-state index >= 15 is 0 Å². The number of aromatic nitrogens is 2. The fourth-order valence-corrected chi connectivity index (χ4v) is 1.96. The molecule has 0 spiro atoms. The highest BCUT2D eigenvalue weighted by Gasteiger charge is 2.10. The minimum Gasteiger partial charge on any atom is -0.480 e. The Kier molecular flexibility index (Phi) is 4.94. The molecule has 0 bridgehead atoms. The summed E-state index contributed by atoms with van der Waals surface area (Å²) in [6.45, 7) is -0.464. The van der Waals surface area contributed by atoms with Crippen LogP contribution in [-0.2, 0) is 22.6 Å². The number of benzene rings is 1. The van der Waals surface area contributed by atoms with Crippen molar-refractivity contribution in [3.05, 3.63) is 45.5 Å². The summed E-state index contributed by atoms with van der Waals surface area (Å²) in [6, 6.07) is 5.14. The Morgan fingerprint density at radius 1 is 1.40 bits per heavy atom. The first-order chi connectivity index (χ1) is 9.54. The lowest BCUT2D eigenvalue weighted by Crippen LogP contribution is -2.06. The van der Waals surface area contributed by atoms with Crippen LogP contribution in [0.2, 0.25) is 10.0 Å². The molecular formula is C12H10Cl2N2O4. The Morgan fingerprint density at radius 2 is 2.20 bits per heavy atom. The van der Waals surface area contributed by atoms with E-state index in [2.05, 4.69) is 10.1 Å². The van der Waals surface area contributed by atoms with E-state index < -0.39 is 12.6 Å². The van der Waals surface area contributed by atoms with Crippen LogP contribution in [0.25, 0.3) is 0 Å². The fourth-order valence-electron chi connectivity index (χ4n) is 1.48. The van der Waals surface area contributed by atoms with Gasteiger partial charge in [0.1, 0.15) is 13.2 Å². The molecule has 1 heterocycles. The molecule has 1 N–H and O–H groups in total. The Balaban J connectivity index is 1.97. The Bertz CT molecular complexity index is 615. The summed E-state index contributed by atoms with van der Waals surface area (Å²) in [5.41, 5.74) is 0.815. The highest BCUT2D eigenvalue weighted by atomic mass is 35.5. The average Bonchev–Trinajstić information content (AvgIpc) is 2.80. The number of rotatable bonds is 6. The SMILES string of the molecule is O=C(O)COCc1nc(Cc2ccc(Cl)cc2Cl)no1. The quantitative estimate of drug-likeness (QED) is 0.881. The zero-order valence-electron chi connectivity index (χ0n) is 10.2. The van der Waals surface area contributed by atoms with Crippen LogP contribution >= 0.6 is 23.2 Å². The van der Waals surface area contributed by atoms with Crippen molar-refractivity contribution in [2.45, 2.75) is 13.0 Å². The lowest BCUT2D eigenvalue weighted by Gasteiger charge is -2.00. The number of carboxylic acid groups (broad SMARTS) is 1. The van der Waals surface area contributed by atoms with Crippen molar-refractivity contribution in [1.82, 2.24) is 10.1 Å². The van der Waals surface area contributed by atoms with Gasteiger partial charge in [0.15, 0.2) is 5.82 Å². The second-order valence-electron chi connectivity index (χ2n) is 3.90. The van der Waals surface area contributed by atoms with E-state index in [0.717, 1.165) is 5.56 Å². The van der Waals surface area contributed by atoms with Crippen molar-refractivity contribution in [1.29, 1.82) is 0 Å². The number of carbonyl (C=O) groups is 1. The van der Waals surface area contributed by atoms with Crippen LogP contribution in [0, 0.1) is 0 Å². The summed E-state index contributed by atoms with van der Waals surface area (Å²) in [7, 11) is 0. The lowest BCUT2D eigenvalue weighted by molar-refractivity contribution is -0.142. The molecule has 0 aliphatic carbocycles. The highest BCUT2D eigenvalue weighted by Crippen LogP contribution is 2.22. The van der Waals surface area contributed by atoms with Gasteiger partial charge in [0, 0.05) is 16.5 Å². The van der Waals surface area contributed by atoms with Crippen molar-refractivity contribution >= 4 is 29.2 Å². The van der Waals surface area contributed by atoms with Crippen LogP contribution in [0.5, 0.6) is 0 Å². The molecule has 20 heavy (non-hydrogen) atoms. The van der Waals surface area contributed by atoms with E-state index in [4.69, 9.17) is 37.6 Å². The Morgan fingerprint density at radius 3 is 2.90 bits per heavy atom. The van der Waals surface area contributed by atoms with Gasteiger partial charge < -0.3 is 14.4 Å². The van der Waals surface area contributed by atoms with Gasteiger partial charge >= 0.3 is 5.97 Å². The molecule has 0 aliphatic rings. The summed E-state index contributed by atoms with van der Waals surface area (Å²) in [6.07, 6.45) is 0.387. The molecule has 1 aromatic carbocycles. The van der Waals surface area contributed by atoms with E-state index in [1.54, 1.807) is 18.2 Å². The van der Waals surface area contributed by atoms with E-state index in [1.165, 1.54) is 0 Å². The largest absolute Gasteiger partial charge is 0.480 e. The highest BCUT2D eigenvalue weighted by molar-refractivity contribution is 6.35. The second kappa shape index (κ2) is 6.69. The van der Waals surface area contributed by atoms with Crippen molar-refractivity contribution in [2.24, 2.45) is 0 Å². The monoisotopic (exact) mass is 316 g/mol. The standard InChI is InChI=1S/C12H10Cl2N2O4/c13-8-2-1-7(9(14)4-8)3-10-15-11(20-16-10)5-19-6-12(17)18/h1-2,4H,3,5-6H2,(H,17,18). The van der Waals surface area contributed by atoms with E-state index in [9.17, 15) is 4.79 Å². The van der Waals surface area contributed by atoms with E-state index in [0.29, 0.717) is 22.3 Å². The molecule has 2 aromatic rings. The fraction of sp³-hybridized carbons (Fsp3) is 0.250. The molecule has 8 heteroatoms. The van der Waals surface area contributed by atoms with Gasteiger partial charge in [-0.05, 0) is 17.7 Å². The van der Waals surface area contributed by atoms with Crippen LogP contribution in [-0.4, -0.2) is 27.8 Å². The number of hydrogen-bond donors (Lipinski definition) is 1. The van der Waals surface area contributed by atoms with Crippen LogP contribution in [0.4, 0.5) is 0 Å². The molecule has 0 saturated heterocycles. The number of ether oxygens (including phenoxy) is 1. The van der Waals surface area contributed by atoms with Gasteiger partial charge in [0.2, 0.25) is 0 Å². The summed E-state index contributed by atoms with van der Waals surface area (Å²) in [4.78, 5) is 14.4. The normalized spacial score (nSPS) is 10.7. The average molecular weight is 317 g/mol. The van der Waals surface area contributed by atoms with Crippen molar-refractivity contribution in [3.8, 4) is 0 Å². The van der Waals surface area contributed by atoms with Crippen molar-refractivity contribution in [2.75, 3.05) is 6.61 Å². The van der Waals surface area contributed by atoms with Crippen LogP contribution in [0.3, 0.4) is 0 Å². The number of carboxylic acids is 1. The topological polar surface area (TPSA) is 85.5 Å². The predicted octanol–water partition coefficient (Wildman–Crippen LogP) is 2.57. The molecule has 0 atom stereocenters. The molecule has 0 aliphatic heterocycles. The maximum atomic E-state index is 10.3. The van der Waals surface area contributed by atoms with Gasteiger partial charge in [-0.25, -0.2) is 4.79 Å². The summed E-state index contributed by atoms with van der Waals surface area (Å²) in [5, 5.41) is 13.3. The first kappa shape index (κ1) is 14.8. The molecule has 6 nitrogen and oxygen atoms in total. The summed E-state index contributed by atoms with van der Waals surface area (Å²) in [5.74, 6) is -0.410. The van der Waals surface area contributed by atoms with E-state index in [1.807, 2.05) is 0 Å². The van der Waals surface area contributed by atoms with Gasteiger partial charge in [-0.3, -0.25) is 0 Å². The maximum absolute atomic E-state index is 10.3. The third-order valence-electron chi connectivity index (χ3n) is 2.32. The molecule has 0 amide bonds. The molecule has 106 valence electrons. The zero-order chi connectivity index (χ0) is 14.5. The third-order valence-corrected chi connectivity index (χ3v) is 2.91. The molecule has 0 unspecified atom stereocenters. The molecule has 0 radical (unpaired) electrons. The molecule has 0 fully saturated rings. The van der Waals surface area contributed by atoms with Crippen molar-refractivity contribution in [3.63, 3.8) is 0 Å². The Hall–Kier alpha value is -1.63. The van der Waals surface area contributed by atoms with Gasteiger partial charge in [-0.1, -0.05) is 34.4 Å². The van der Waals surface area contributed by atoms with Gasteiger partial charge in [0.25, 0.3) is 5.89 Å². The van der Waals surface area contributed by atoms with Gasteiger partial charge in [-0.2, -0.15) is 4.98 Å². The summed E-state index contributed by atoms with van der Waals surface area (Å²) >= 11 is 11.9. The number of nitrogens with zero attached hydrogens (tertiary/aromatic N) is 2. The Labute approximate surface area is 124 Å². The first-order valence-electron chi connectivity index (χ1n) is 5.59. The first-order valence-corrected chi connectivity index (χ1v) is 6.35. The van der Waals surface area contributed by atoms with Crippen LogP contribution in [0.15, 0.2) is 22.7 Å². The van der Waals surface area contributed by atoms with Gasteiger partial charge in [-0.15, -0.1) is 0 Å². The van der Waals surface area contributed by atoms with Crippen LogP contribution < -0.4 is 0 Å². The molecule has 2 rings (SSSR count). The van der Waals surface area contributed by atoms with Crippen LogP contribution in [0.1, 0.15) is 17.3 Å².